The lowest BCUT2D eigenvalue weighted by molar-refractivity contribution is -0.116. The summed E-state index contributed by atoms with van der Waals surface area (Å²) in [5.74, 6) is -0.342. The number of benzene rings is 2. The number of hydrogen-bond donors (Lipinski definition) is 1. The molecule has 0 saturated carbocycles. The Hall–Kier alpha value is -2.88. The van der Waals surface area contributed by atoms with Gasteiger partial charge < -0.3 is 5.32 Å². The highest BCUT2D eigenvalue weighted by molar-refractivity contribution is 7.89. The van der Waals surface area contributed by atoms with E-state index in [4.69, 9.17) is 0 Å². The molecule has 1 amide bonds. The molecule has 0 atom stereocenters. The van der Waals surface area contributed by atoms with Gasteiger partial charge in [0.1, 0.15) is 0 Å². The first-order valence-electron chi connectivity index (χ1n) is 10.1. The minimum absolute atomic E-state index is 0.112. The molecule has 9 heteroatoms. The summed E-state index contributed by atoms with van der Waals surface area (Å²) < 4.78 is 26.6. The first-order chi connectivity index (χ1) is 15.2. The first kappa shape index (κ1) is 23.8. The van der Waals surface area contributed by atoms with Gasteiger partial charge in [0, 0.05) is 36.5 Å². The van der Waals surface area contributed by atoms with Crippen LogP contribution in [0.3, 0.4) is 0 Å². The van der Waals surface area contributed by atoms with Crippen molar-refractivity contribution in [3.05, 3.63) is 65.0 Å². The van der Waals surface area contributed by atoms with E-state index in [1.807, 2.05) is 36.6 Å². The van der Waals surface area contributed by atoms with Crippen LogP contribution in [0.15, 0.2) is 58.8 Å². The van der Waals surface area contributed by atoms with E-state index in [1.54, 1.807) is 0 Å². The van der Waals surface area contributed by atoms with Gasteiger partial charge in [-0.15, -0.1) is 11.3 Å². The summed E-state index contributed by atoms with van der Waals surface area (Å²) in [6.45, 7) is 3.63. The second-order valence-corrected chi connectivity index (χ2v) is 10.4. The number of sulfonamides is 1. The molecule has 0 saturated heterocycles. The fraction of sp³-hybridized carbons (Fsp3) is 0.261. The van der Waals surface area contributed by atoms with Gasteiger partial charge in [-0.25, -0.2) is 17.7 Å². The van der Waals surface area contributed by atoms with Gasteiger partial charge in [0.05, 0.1) is 10.6 Å². The molecule has 0 spiro atoms. The lowest BCUT2D eigenvalue weighted by Gasteiger charge is -2.17. The van der Waals surface area contributed by atoms with Crippen molar-refractivity contribution in [2.24, 2.45) is 0 Å². The molecule has 0 bridgehead atoms. The van der Waals surface area contributed by atoms with Crippen molar-refractivity contribution in [3.63, 3.8) is 0 Å². The zero-order valence-corrected chi connectivity index (χ0v) is 19.8. The summed E-state index contributed by atoms with van der Waals surface area (Å²) in [6.07, 6.45) is 0.534. The molecule has 2 aromatic carbocycles. The Morgan fingerprint density at radius 2 is 1.72 bits per heavy atom. The summed E-state index contributed by atoms with van der Waals surface area (Å²) in [7, 11) is -2.22. The van der Waals surface area contributed by atoms with E-state index in [1.165, 1.54) is 53.9 Å². The minimum atomic E-state index is -3.69. The second-order valence-electron chi connectivity index (χ2n) is 7.46. The predicted octanol–water partition coefficient (Wildman–Crippen LogP) is 4.36. The maximum absolute atomic E-state index is 12.7. The Bertz CT molecular complexity index is 1200. The number of hydrogen-bond acceptors (Lipinski definition) is 6. The molecule has 32 heavy (non-hydrogen) atoms. The lowest BCUT2D eigenvalue weighted by atomic mass is 10.1. The summed E-state index contributed by atoms with van der Waals surface area (Å²) >= 11 is 1.35. The van der Waals surface area contributed by atoms with Crippen LogP contribution in [0.25, 0.3) is 11.3 Å². The summed E-state index contributed by atoms with van der Waals surface area (Å²) in [5.41, 5.74) is 3.40. The number of carbonyl (C=O) groups excluding carboxylic acids is 2. The molecule has 3 aromatic rings. The smallest absolute Gasteiger partial charge is 0.242 e. The Morgan fingerprint density at radius 1 is 1.06 bits per heavy atom. The van der Waals surface area contributed by atoms with Crippen molar-refractivity contribution in [2.45, 2.75) is 31.6 Å². The summed E-state index contributed by atoms with van der Waals surface area (Å²) in [6, 6.07) is 13.8. The number of Topliss-reactive ketones (excluding diaryl/α,β-unsaturated/α-hetero) is 1. The highest BCUT2D eigenvalue weighted by atomic mass is 32.2. The van der Waals surface area contributed by atoms with E-state index in [0.29, 0.717) is 17.1 Å². The van der Waals surface area contributed by atoms with E-state index < -0.39 is 10.0 Å². The van der Waals surface area contributed by atoms with Crippen molar-refractivity contribution >= 4 is 38.2 Å². The van der Waals surface area contributed by atoms with Gasteiger partial charge in [-0.2, -0.15) is 0 Å². The van der Waals surface area contributed by atoms with Crippen molar-refractivity contribution in [3.8, 4) is 11.3 Å². The first-order valence-corrected chi connectivity index (χ1v) is 12.4. The van der Waals surface area contributed by atoms with E-state index >= 15 is 0 Å². The molecule has 168 valence electrons. The zero-order valence-electron chi connectivity index (χ0n) is 18.2. The highest BCUT2D eigenvalue weighted by Crippen LogP contribution is 2.25. The Balaban J connectivity index is 1.51. The SMILES string of the molecule is CC(=O)c1ccc(S(=O)(=O)N(C)CCCC(=O)Nc2nc(-c3ccc(C)cc3)cs2)cc1. The molecule has 0 radical (unpaired) electrons. The van der Waals surface area contributed by atoms with Gasteiger partial charge in [-0.1, -0.05) is 42.0 Å². The third-order valence-electron chi connectivity index (χ3n) is 4.94. The molecule has 1 aromatic heterocycles. The highest BCUT2D eigenvalue weighted by Gasteiger charge is 2.21. The molecule has 0 aliphatic heterocycles. The van der Waals surface area contributed by atoms with Crippen LogP contribution in [0.1, 0.15) is 35.7 Å². The molecular formula is C23H25N3O4S2. The van der Waals surface area contributed by atoms with Crippen LogP contribution in [0.5, 0.6) is 0 Å². The Labute approximate surface area is 192 Å². The number of carbonyl (C=O) groups is 2. The number of anilines is 1. The van der Waals surface area contributed by atoms with Crippen LogP contribution in [-0.2, 0) is 14.8 Å². The van der Waals surface area contributed by atoms with Gasteiger partial charge in [0.25, 0.3) is 0 Å². The summed E-state index contributed by atoms with van der Waals surface area (Å²) in [4.78, 5) is 28.2. The van der Waals surface area contributed by atoms with Crippen LogP contribution >= 0.6 is 11.3 Å². The zero-order chi connectivity index (χ0) is 23.3. The van der Waals surface area contributed by atoms with Gasteiger partial charge in [0.2, 0.25) is 15.9 Å². The fourth-order valence-corrected chi connectivity index (χ4v) is 4.94. The maximum Gasteiger partial charge on any atom is 0.242 e. The maximum atomic E-state index is 12.7. The van der Waals surface area contributed by atoms with Crippen LogP contribution < -0.4 is 5.32 Å². The van der Waals surface area contributed by atoms with Gasteiger partial charge in [-0.3, -0.25) is 9.59 Å². The molecule has 0 unspecified atom stereocenters. The molecular weight excluding hydrogens is 446 g/mol. The van der Waals surface area contributed by atoms with Gasteiger partial charge in [-0.05, 0) is 32.4 Å². The Morgan fingerprint density at radius 3 is 2.34 bits per heavy atom. The van der Waals surface area contributed by atoms with Crippen molar-refractivity contribution in [1.29, 1.82) is 0 Å². The average Bonchev–Trinajstić information content (AvgIpc) is 3.22. The number of nitrogens with one attached hydrogen (secondary N) is 1. The molecule has 1 N–H and O–H groups in total. The monoisotopic (exact) mass is 471 g/mol. The second kappa shape index (κ2) is 10.2. The number of ketones is 1. The topological polar surface area (TPSA) is 96.4 Å². The number of aromatic nitrogens is 1. The third kappa shape index (κ3) is 5.87. The molecule has 0 fully saturated rings. The fourth-order valence-electron chi connectivity index (χ4n) is 2.99. The number of amides is 1. The standard InChI is InChI=1S/C23H25N3O4S2/c1-16-6-8-19(9-7-16)21-15-31-23(24-21)25-22(28)5-4-14-26(3)32(29,30)20-12-10-18(11-13-20)17(2)27/h6-13,15H,4-5,14H2,1-3H3,(H,24,25,28). The number of thiazole rings is 1. The third-order valence-corrected chi connectivity index (χ3v) is 7.57. The number of rotatable bonds is 9. The predicted molar refractivity (Wildman–Crippen MR) is 126 cm³/mol. The number of aryl methyl sites for hydroxylation is 1. The lowest BCUT2D eigenvalue weighted by Crippen LogP contribution is -2.28. The minimum Gasteiger partial charge on any atom is -0.302 e. The van der Waals surface area contributed by atoms with E-state index in [-0.39, 0.29) is 29.6 Å². The van der Waals surface area contributed by atoms with E-state index in [2.05, 4.69) is 10.3 Å². The van der Waals surface area contributed by atoms with Crippen LogP contribution in [0.4, 0.5) is 5.13 Å². The number of nitrogens with zero attached hydrogens (tertiary/aromatic N) is 2. The largest absolute Gasteiger partial charge is 0.302 e. The summed E-state index contributed by atoms with van der Waals surface area (Å²) in [5, 5.41) is 5.17. The Kier molecular flexibility index (Phi) is 7.55. The van der Waals surface area contributed by atoms with E-state index in [9.17, 15) is 18.0 Å². The average molecular weight is 472 g/mol. The van der Waals surface area contributed by atoms with Crippen LogP contribution in [0, 0.1) is 6.92 Å². The quantitative estimate of drug-likeness (QED) is 0.468. The molecule has 0 aliphatic carbocycles. The molecule has 0 aliphatic rings. The van der Waals surface area contributed by atoms with Crippen molar-refractivity contribution < 1.29 is 18.0 Å². The molecule has 7 nitrogen and oxygen atoms in total. The van der Waals surface area contributed by atoms with Crippen LogP contribution in [-0.4, -0.2) is 43.0 Å². The molecule has 3 rings (SSSR count). The van der Waals surface area contributed by atoms with Gasteiger partial charge >= 0.3 is 0 Å². The van der Waals surface area contributed by atoms with Crippen molar-refractivity contribution in [2.75, 3.05) is 18.9 Å². The van der Waals surface area contributed by atoms with Gasteiger partial charge in [0.15, 0.2) is 10.9 Å². The van der Waals surface area contributed by atoms with Crippen LogP contribution in [0.2, 0.25) is 0 Å². The normalized spacial score (nSPS) is 11.5. The van der Waals surface area contributed by atoms with Crippen molar-refractivity contribution in [1.82, 2.24) is 9.29 Å². The van der Waals surface area contributed by atoms with E-state index in [0.717, 1.165) is 16.8 Å². The molecule has 1 heterocycles.